The van der Waals surface area contributed by atoms with Crippen molar-refractivity contribution in [1.29, 1.82) is 0 Å². The van der Waals surface area contributed by atoms with Gasteiger partial charge in [-0.1, -0.05) is 33.8 Å². The number of anilines is 1. The van der Waals surface area contributed by atoms with E-state index in [1.807, 2.05) is 37.3 Å². The molecule has 7 heteroatoms. The van der Waals surface area contributed by atoms with Gasteiger partial charge >= 0.3 is 0 Å². The zero-order chi connectivity index (χ0) is 18.5. The number of hydrogen-bond donors (Lipinski definition) is 1. The lowest BCUT2D eigenvalue weighted by Crippen LogP contribution is -2.14. The number of carbonyl (C=O) groups excluding carboxylic acids is 1. The molecule has 0 fully saturated rings. The Bertz CT molecular complexity index is 934. The van der Waals surface area contributed by atoms with E-state index in [-0.39, 0.29) is 17.5 Å². The van der Waals surface area contributed by atoms with Crippen molar-refractivity contribution in [2.45, 2.75) is 11.9 Å². The lowest BCUT2D eigenvalue weighted by atomic mass is 10.2. The van der Waals surface area contributed by atoms with Crippen molar-refractivity contribution in [3.8, 4) is 11.4 Å². The third-order valence-electron chi connectivity index (χ3n) is 3.39. The maximum atomic E-state index is 13.1. The molecular formula is C19H15BrFN3OS. The van der Waals surface area contributed by atoms with E-state index >= 15 is 0 Å². The minimum atomic E-state index is -0.305. The van der Waals surface area contributed by atoms with Crippen molar-refractivity contribution in [3.63, 3.8) is 0 Å². The molecule has 1 amide bonds. The number of hydrogen-bond acceptors (Lipinski definition) is 4. The Kier molecular flexibility index (Phi) is 6.00. The maximum absolute atomic E-state index is 13.1. The van der Waals surface area contributed by atoms with E-state index in [1.165, 1.54) is 23.9 Å². The molecule has 3 rings (SSSR count). The first kappa shape index (κ1) is 18.5. The summed E-state index contributed by atoms with van der Waals surface area (Å²) in [6, 6.07) is 15.3. The average Bonchev–Trinajstić information content (AvgIpc) is 2.60. The molecule has 0 bridgehead atoms. The fourth-order valence-electron chi connectivity index (χ4n) is 2.24. The second-order valence-electron chi connectivity index (χ2n) is 5.53. The summed E-state index contributed by atoms with van der Waals surface area (Å²) < 4.78 is 14.0. The van der Waals surface area contributed by atoms with E-state index in [4.69, 9.17) is 0 Å². The number of benzene rings is 2. The zero-order valence-electron chi connectivity index (χ0n) is 13.9. The highest BCUT2D eigenvalue weighted by atomic mass is 79.9. The number of rotatable bonds is 5. The van der Waals surface area contributed by atoms with Gasteiger partial charge in [-0.25, -0.2) is 14.4 Å². The van der Waals surface area contributed by atoms with E-state index in [0.717, 1.165) is 21.4 Å². The summed E-state index contributed by atoms with van der Waals surface area (Å²) in [4.78, 5) is 21.0. The fraction of sp³-hybridized carbons (Fsp3) is 0.105. The molecule has 0 saturated carbocycles. The first-order chi connectivity index (χ1) is 12.5. The van der Waals surface area contributed by atoms with Crippen LogP contribution in [0.5, 0.6) is 0 Å². The van der Waals surface area contributed by atoms with Crippen LogP contribution in [0.2, 0.25) is 0 Å². The summed E-state index contributed by atoms with van der Waals surface area (Å²) in [6.45, 7) is 1.86. The summed E-state index contributed by atoms with van der Waals surface area (Å²) in [5, 5.41) is 3.54. The van der Waals surface area contributed by atoms with Crippen LogP contribution in [-0.2, 0) is 4.79 Å². The standard InChI is InChI=1S/C19H15BrFN3OS/c1-12-9-18(24-19(22-12)13-5-7-15(21)8-6-13)26-11-17(25)23-16-4-2-3-14(20)10-16/h2-10H,11H2,1H3,(H,23,25). The first-order valence-electron chi connectivity index (χ1n) is 7.79. The highest BCUT2D eigenvalue weighted by Crippen LogP contribution is 2.22. The molecule has 0 unspecified atom stereocenters. The number of nitrogens with zero attached hydrogens (tertiary/aromatic N) is 2. The highest BCUT2D eigenvalue weighted by Gasteiger charge is 2.09. The van der Waals surface area contributed by atoms with Crippen LogP contribution in [0.4, 0.5) is 10.1 Å². The Balaban J connectivity index is 1.68. The zero-order valence-corrected chi connectivity index (χ0v) is 16.3. The van der Waals surface area contributed by atoms with Gasteiger partial charge in [0.25, 0.3) is 0 Å². The van der Waals surface area contributed by atoms with Crippen LogP contribution >= 0.6 is 27.7 Å². The quantitative estimate of drug-likeness (QED) is 0.451. The van der Waals surface area contributed by atoms with E-state index in [2.05, 4.69) is 31.2 Å². The Labute approximate surface area is 163 Å². The van der Waals surface area contributed by atoms with E-state index in [1.54, 1.807) is 12.1 Å². The third-order valence-corrected chi connectivity index (χ3v) is 4.80. The van der Waals surface area contributed by atoms with Gasteiger partial charge in [0.15, 0.2) is 5.82 Å². The predicted octanol–water partition coefficient (Wildman–Crippen LogP) is 5.08. The minimum Gasteiger partial charge on any atom is -0.325 e. The van der Waals surface area contributed by atoms with Crippen LogP contribution in [0.15, 0.2) is 64.1 Å². The Morgan fingerprint density at radius 2 is 1.92 bits per heavy atom. The van der Waals surface area contributed by atoms with Gasteiger partial charge in [0, 0.05) is 21.4 Å². The third kappa shape index (κ3) is 5.12. The summed E-state index contributed by atoms with van der Waals surface area (Å²) in [7, 11) is 0. The van der Waals surface area contributed by atoms with Crippen LogP contribution in [0.1, 0.15) is 5.69 Å². The fourth-order valence-corrected chi connectivity index (χ4v) is 3.40. The first-order valence-corrected chi connectivity index (χ1v) is 9.57. The van der Waals surface area contributed by atoms with Crippen LogP contribution in [-0.4, -0.2) is 21.6 Å². The molecular weight excluding hydrogens is 417 g/mol. The lowest BCUT2D eigenvalue weighted by molar-refractivity contribution is -0.113. The van der Waals surface area contributed by atoms with Crippen molar-refractivity contribution < 1.29 is 9.18 Å². The van der Waals surface area contributed by atoms with Gasteiger partial charge in [0.2, 0.25) is 5.91 Å². The molecule has 0 aliphatic carbocycles. The van der Waals surface area contributed by atoms with Crippen LogP contribution in [0.3, 0.4) is 0 Å². The molecule has 1 aromatic heterocycles. The maximum Gasteiger partial charge on any atom is 0.234 e. The molecule has 0 aliphatic heterocycles. The largest absolute Gasteiger partial charge is 0.325 e. The van der Waals surface area contributed by atoms with Gasteiger partial charge in [-0.3, -0.25) is 4.79 Å². The van der Waals surface area contributed by atoms with Crippen molar-refractivity contribution in [1.82, 2.24) is 9.97 Å². The van der Waals surface area contributed by atoms with Crippen molar-refractivity contribution >= 4 is 39.3 Å². The van der Waals surface area contributed by atoms with Crippen LogP contribution in [0, 0.1) is 12.7 Å². The number of halogens is 2. The van der Waals surface area contributed by atoms with Gasteiger partial charge in [0.05, 0.1) is 5.75 Å². The van der Waals surface area contributed by atoms with Crippen molar-refractivity contribution in [2.24, 2.45) is 0 Å². The van der Waals surface area contributed by atoms with Gasteiger partial charge in [-0.2, -0.15) is 0 Å². The molecule has 132 valence electrons. The SMILES string of the molecule is Cc1cc(SCC(=O)Nc2cccc(Br)c2)nc(-c2ccc(F)cc2)n1. The number of aromatic nitrogens is 2. The predicted molar refractivity (Wildman–Crippen MR) is 106 cm³/mol. The normalized spacial score (nSPS) is 10.6. The Hall–Kier alpha value is -2.25. The monoisotopic (exact) mass is 431 g/mol. The number of thioether (sulfide) groups is 1. The van der Waals surface area contributed by atoms with Gasteiger partial charge in [-0.15, -0.1) is 0 Å². The number of aryl methyl sites for hydroxylation is 1. The molecule has 26 heavy (non-hydrogen) atoms. The molecule has 0 aliphatic rings. The average molecular weight is 432 g/mol. The highest BCUT2D eigenvalue weighted by molar-refractivity contribution is 9.10. The summed E-state index contributed by atoms with van der Waals surface area (Å²) in [5.41, 5.74) is 2.25. The second-order valence-corrected chi connectivity index (χ2v) is 7.44. The molecule has 1 N–H and O–H groups in total. The number of amides is 1. The Morgan fingerprint density at radius 1 is 1.15 bits per heavy atom. The molecule has 0 atom stereocenters. The second kappa shape index (κ2) is 8.42. The molecule has 0 saturated heterocycles. The molecule has 0 radical (unpaired) electrons. The van der Waals surface area contributed by atoms with Crippen LogP contribution < -0.4 is 5.32 Å². The number of carbonyl (C=O) groups is 1. The van der Waals surface area contributed by atoms with Gasteiger partial charge < -0.3 is 5.32 Å². The van der Waals surface area contributed by atoms with Crippen LogP contribution in [0.25, 0.3) is 11.4 Å². The van der Waals surface area contributed by atoms with Gasteiger partial charge in [-0.05, 0) is 55.5 Å². The molecule has 0 spiro atoms. The number of nitrogens with one attached hydrogen (secondary N) is 1. The molecule has 1 heterocycles. The van der Waals surface area contributed by atoms with Crippen molar-refractivity contribution in [2.75, 3.05) is 11.1 Å². The smallest absolute Gasteiger partial charge is 0.234 e. The minimum absolute atomic E-state index is 0.118. The van der Waals surface area contributed by atoms with Crippen molar-refractivity contribution in [3.05, 3.63) is 70.6 Å². The van der Waals surface area contributed by atoms with Gasteiger partial charge in [0.1, 0.15) is 10.8 Å². The summed E-state index contributed by atoms with van der Waals surface area (Å²) in [6.07, 6.45) is 0. The summed E-state index contributed by atoms with van der Waals surface area (Å²) in [5.74, 6) is 0.319. The molecule has 3 aromatic rings. The van der Waals surface area contributed by atoms with E-state index < -0.39 is 0 Å². The molecule has 4 nitrogen and oxygen atoms in total. The Morgan fingerprint density at radius 3 is 2.65 bits per heavy atom. The summed E-state index contributed by atoms with van der Waals surface area (Å²) >= 11 is 4.70. The lowest BCUT2D eigenvalue weighted by Gasteiger charge is -2.07. The topological polar surface area (TPSA) is 54.9 Å². The molecule has 2 aromatic carbocycles. The van der Waals surface area contributed by atoms with E-state index in [9.17, 15) is 9.18 Å². The van der Waals surface area contributed by atoms with E-state index in [0.29, 0.717) is 10.9 Å².